The largest absolute Gasteiger partial charge is 0.507 e. The van der Waals surface area contributed by atoms with Crippen molar-refractivity contribution in [1.82, 2.24) is 15.0 Å². The van der Waals surface area contributed by atoms with Crippen LogP contribution in [-0.4, -0.2) is 26.7 Å². The van der Waals surface area contributed by atoms with Crippen molar-refractivity contribution in [2.24, 2.45) is 0 Å². The molecule has 0 spiro atoms. The van der Waals surface area contributed by atoms with Crippen molar-refractivity contribution < 1.29 is 9.84 Å². The fraction of sp³-hybridized carbons (Fsp3) is 0.531. The lowest BCUT2D eigenvalue weighted by Crippen LogP contribution is -1.99. The summed E-state index contributed by atoms with van der Waals surface area (Å²) < 4.78 is 5.88. The zero-order valence-electron chi connectivity index (χ0n) is 23.1. The number of rotatable bonds is 17. The number of aryl methyl sites for hydroxylation is 2. The molecule has 200 valence electrons. The monoisotopic (exact) mass is 503 g/mol. The minimum atomic E-state index is 0.112. The Labute approximate surface area is 223 Å². The van der Waals surface area contributed by atoms with E-state index in [9.17, 15) is 5.11 Å². The van der Waals surface area contributed by atoms with Crippen LogP contribution in [0.25, 0.3) is 22.8 Å². The standard InChI is InChI=1S/C32H45N3O2/c1-4-5-6-7-8-9-10-11-12-13-14-15-16-21-37-27-18-20-29(30(36)23-27)32-34-24-33-31(35-32)28-19-17-25(2)22-26(28)3/h17-20,22-24,36H,4-16,21H2,1-3H3. The lowest BCUT2D eigenvalue weighted by atomic mass is 10.0. The predicted octanol–water partition coefficient (Wildman–Crippen LogP) is 9.00. The number of phenols is 1. The number of hydrogen-bond donors (Lipinski definition) is 1. The van der Waals surface area contributed by atoms with Crippen LogP contribution in [0.15, 0.2) is 42.7 Å². The van der Waals surface area contributed by atoms with Gasteiger partial charge in [0, 0.05) is 11.6 Å². The molecule has 0 unspecified atom stereocenters. The molecule has 0 saturated carbocycles. The maximum absolute atomic E-state index is 10.6. The minimum Gasteiger partial charge on any atom is -0.507 e. The van der Waals surface area contributed by atoms with Crippen LogP contribution in [0.1, 0.15) is 102 Å². The highest BCUT2D eigenvalue weighted by atomic mass is 16.5. The molecule has 3 aromatic rings. The Morgan fingerprint density at radius 3 is 1.84 bits per heavy atom. The van der Waals surface area contributed by atoms with Crippen molar-refractivity contribution in [3.8, 4) is 34.3 Å². The summed E-state index contributed by atoms with van der Waals surface area (Å²) in [6, 6.07) is 11.5. The molecule has 1 aromatic heterocycles. The lowest BCUT2D eigenvalue weighted by Gasteiger charge is -2.10. The Bertz CT molecular complexity index is 1080. The summed E-state index contributed by atoms with van der Waals surface area (Å²) in [7, 11) is 0. The summed E-state index contributed by atoms with van der Waals surface area (Å²) in [6.45, 7) is 7.05. The van der Waals surface area contributed by atoms with Crippen LogP contribution in [0.3, 0.4) is 0 Å². The molecule has 5 nitrogen and oxygen atoms in total. The van der Waals surface area contributed by atoms with Crippen molar-refractivity contribution in [2.75, 3.05) is 6.61 Å². The molecule has 1 heterocycles. The molecule has 0 atom stereocenters. The molecule has 0 aliphatic carbocycles. The number of phenolic OH excluding ortho intramolecular Hbond substituents is 1. The second kappa shape index (κ2) is 16.0. The average molecular weight is 504 g/mol. The predicted molar refractivity (Wildman–Crippen MR) is 153 cm³/mol. The first kappa shape index (κ1) is 28.6. The third-order valence-corrected chi connectivity index (χ3v) is 6.92. The Morgan fingerprint density at radius 2 is 1.24 bits per heavy atom. The van der Waals surface area contributed by atoms with Gasteiger partial charge in [-0.1, -0.05) is 108 Å². The van der Waals surface area contributed by atoms with E-state index in [0.29, 0.717) is 29.6 Å². The molecule has 5 heteroatoms. The highest BCUT2D eigenvalue weighted by Crippen LogP contribution is 2.31. The van der Waals surface area contributed by atoms with E-state index in [1.807, 2.05) is 31.2 Å². The zero-order chi connectivity index (χ0) is 26.3. The number of aromatic hydroxyl groups is 1. The molecular weight excluding hydrogens is 458 g/mol. The van der Waals surface area contributed by atoms with Gasteiger partial charge < -0.3 is 9.84 Å². The first-order chi connectivity index (χ1) is 18.1. The van der Waals surface area contributed by atoms with E-state index < -0.39 is 0 Å². The van der Waals surface area contributed by atoms with Crippen LogP contribution >= 0.6 is 0 Å². The first-order valence-electron chi connectivity index (χ1n) is 14.3. The molecule has 2 aromatic carbocycles. The number of aromatic nitrogens is 3. The van der Waals surface area contributed by atoms with E-state index in [1.54, 1.807) is 6.07 Å². The molecule has 0 aliphatic rings. The lowest BCUT2D eigenvalue weighted by molar-refractivity contribution is 0.302. The zero-order valence-corrected chi connectivity index (χ0v) is 23.1. The summed E-state index contributed by atoms with van der Waals surface area (Å²) in [6.07, 6.45) is 18.8. The van der Waals surface area contributed by atoms with Gasteiger partial charge in [-0.05, 0) is 38.0 Å². The van der Waals surface area contributed by atoms with Gasteiger partial charge in [0.2, 0.25) is 0 Å². The van der Waals surface area contributed by atoms with E-state index in [1.165, 1.54) is 88.9 Å². The molecule has 3 rings (SSSR count). The molecular formula is C32H45N3O2. The summed E-state index contributed by atoms with van der Waals surface area (Å²) in [5, 5.41) is 10.6. The summed E-state index contributed by atoms with van der Waals surface area (Å²) in [5.74, 6) is 1.83. The van der Waals surface area contributed by atoms with E-state index in [0.717, 1.165) is 17.5 Å². The summed E-state index contributed by atoms with van der Waals surface area (Å²) in [4.78, 5) is 13.3. The highest BCUT2D eigenvalue weighted by Gasteiger charge is 2.12. The fourth-order valence-corrected chi connectivity index (χ4v) is 4.72. The number of ether oxygens (including phenoxy) is 1. The van der Waals surface area contributed by atoms with Gasteiger partial charge in [-0.25, -0.2) is 15.0 Å². The third-order valence-electron chi connectivity index (χ3n) is 6.92. The van der Waals surface area contributed by atoms with Crippen LogP contribution in [0.5, 0.6) is 11.5 Å². The first-order valence-corrected chi connectivity index (χ1v) is 14.3. The molecule has 0 bridgehead atoms. The van der Waals surface area contributed by atoms with Gasteiger partial charge >= 0.3 is 0 Å². The van der Waals surface area contributed by atoms with E-state index in [2.05, 4.69) is 34.9 Å². The average Bonchev–Trinajstić information content (AvgIpc) is 2.89. The maximum atomic E-state index is 10.6. The number of unbranched alkanes of at least 4 members (excludes halogenated alkanes) is 12. The van der Waals surface area contributed by atoms with E-state index >= 15 is 0 Å². The number of hydrogen-bond acceptors (Lipinski definition) is 5. The SMILES string of the molecule is CCCCCCCCCCCCCCCOc1ccc(-c2ncnc(-c3ccc(C)cc3C)n2)c(O)c1. The van der Waals surface area contributed by atoms with Crippen molar-refractivity contribution in [2.45, 2.75) is 104 Å². The van der Waals surface area contributed by atoms with Gasteiger partial charge in [0.15, 0.2) is 11.6 Å². The minimum absolute atomic E-state index is 0.112. The van der Waals surface area contributed by atoms with Gasteiger partial charge in [-0.15, -0.1) is 0 Å². The van der Waals surface area contributed by atoms with Crippen molar-refractivity contribution in [1.29, 1.82) is 0 Å². The van der Waals surface area contributed by atoms with Gasteiger partial charge in [0.05, 0.1) is 12.2 Å². The molecule has 0 saturated heterocycles. The second-order valence-electron chi connectivity index (χ2n) is 10.2. The van der Waals surface area contributed by atoms with Crippen molar-refractivity contribution in [3.63, 3.8) is 0 Å². The second-order valence-corrected chi connectivity index (χ2v) is 10.2. The normalized spacial score (nSPS) is 11.1. The van der Waals surface area contributed by atoms with Gasteiger partial charge in [0.1, 0.15) is 17.8 Å². The fourth-order valence-electron chi connectivity index (χ4n) is 4.72. The Hall–Kier alpha value is -2.95. The van der Waals surface area contributed by atoms with Crippen LogP contribution in [0.2, 0.25) is 0 Å². The Kier molecular flexibility index (Phi) is 12.4. The van der Waals surface area contributed by atoms with E-state index in [-0.39, 0.29) is 5.75 Å². The quantitative estimate of drug-likeness (QED) is 0.186. The molecule has 37 heavy (non-hydrogen) atoms. The van der Waals surface area contributed by atoms with Gasteiger partial charge in [-0.3, -0.25) is 0 Å². The van der Waals surface area contributed by atoms with Crippen LogP contribution in [0, 0.1) is 13.8 Å². The number of nitrogens with zero attached hydrogens (tertiary/aromatic N) is 3. The summed E-state index contributed by atoms with van der Waals surface area (Å²) in [5.41, 5.74) is 3.84. The molecule has 0 radical (unpaired) electrons. The Balaban J connectivity index is 1.36. The smallest absolute Gasteiger partial charge is 0.167 e. The van der Waals surface area contributed by atoms with Crippen LogP contribution < -0.4 is 4.74 Å². The van der Waals surface area contributed by atoms with Crippen molar-refractivity contribution >= 4 is 0 Å². The third kappa shape index (κ3) is 9.79. The Morgan fingerprint density at radius 1 is 0.676 bits per heavy atom. The molecule has 0 amide bonds. The van der Waals surface area contributed by atoms with Crippen molar-refractivity contribution in [3.05, 3.63) is 53.9 Å². The number of benzene rings is 2. The van der Waals surface area contributed by atoms with Gasteiger partial charge in [-0.2, -0.15) is 0 Å². The van der Waals surface area contributed by atoms with Gasteiger partial charge in [0.25, 0.3) is 0 Å². The van der Waals surface area contributed by atoms with Crippen LogP contribution in [0.4, 0.5) is 0 Å². The molecule has 0 fully saturated rings. The summed E-state index contributed by atoms with van der Waals surface area (Å²) >= 11 is 0. The van der Waals surface area contributed by atoms with Crippen LogP contribution in [-0.2, 0) is 0 Å². The van der Waals surface area contributed by atoms with E-state index in [4.69, 9.17) is 4.74 Å². The molecule has 1 N–H and O–H groups in total. The maximum Gasteiger partial charge on any atom is 0.167 e. The molecule has 0 aliphatic heterocycles. The highest BCUT2D eigenvalue weighted by molar-refractivity contribution is 5.68. The topological polar surface area (TPSA) is 68.1 Å².